The molecule has 0 aromatic carbocycles. The quantitative estimate of drug-likeness (QED) is 0.191. The van der Waals surface area contributed by atoms with E-state index in [4.69, 9.17) is 9.15 Å². The van der Waals surface area contributed by atoms with E-state index in [1.807, 2.05) is 26.8 Å². The van der Waals surface area contributed by atoms with Crippen molar-refractivity contribution < 1.29 is 19.1 Å². The monoisotopic (exact) mass is 538 g/mol. The highest BCUT2D eigenvalue weighted by Crippen LogP contribution is 2.26. The van der Waals surface area contributed by atoms with Crippen LogP contribution >= 0.6 is 0 Å². The number of hydrogen-bond acceptors (Lipinski definition) is 5. The van der Waals surface area contributed by atoms with Gasteiger partial charge in [-0.15, -0.1) is 0 Å². The van der Waals surface area contributed by atoms with Crippen LogP contribution in [0.4, 0.5) is 0 Å². The molecule has 3 atom stereocenters. The summed E-state index contributed by atoms with van der Waals surface area (Å²) < 4.78 is 11.1. The van der Waals surface area contributed by atoms with E-state index in [0.29, 0.717) is 28.9 Å². The second-order valence-electron chi connectivity index (χ2n) is 11.1. The average Bonchev–Trinajstić information content (AvgIpc) is 2.84. The number of carbonyl (C=O) groups excluding carboxylic acids is 1. The van der Waals surface area contributed by atoms with Crippen molar-refractivity contribution in [1.82, 2.24) is 0 Å². The SMILES string of the molecule is CCCC(CO)C(=O)C(C)=CC(C)C=C(C)C=C(C)C=C(C)CC(C)C=C(C)c1oc(OC)c(C)c(=O)c1C. The van der Waals surface area contributed by atoms with Crippen LogP contribution in [0.1, 0.15) is 91.5 Å². The maximum Gasteiger partial charge on any atom is 0.291 e. The molecule has 0 spiro atoms. The molecule has 5 nitrogen and oxygen atoms in total. The predicted molar refractivity (Wildman–Crippen MR) is 163 cm³/mol. The second kappa shape index (κ2) is 16.2. The zero-order valence-corrected chi connectivity index (χ0v) is 26.0. The number of aliphatic hydroxyl groups is 1. The van der Waals surface area contributed by atoms with E-state index >= 15 is 0 Å². The summed E-state index contributed by atoms with van der Waals surface area (Å²) in [4.78, 5) is 25.1. The van der Waals surface area contributed by atoms with Crippen LogP contribution in [0, 0.1) is 31.6 Å². The molecule has 1 rings (SSSR count). The third-order valence-corrected chi connectivity index (χ3v) is 6.83. The van der Waals surface area contributed by atoms with E-state index in [0.717, 1.165) is 29.6 Å². The molecule has 3 unspecified atom stereocenters. The van der Waals surface area contributed by atoms with Gasteiger partial charge in [0.2, 0.25) is 0 Å². The van der Waals surface area contributed by atoms with Crippen molar-refractivity contribution in [2.24, 2.45) is 17.8 Å². The summed E-state index contributed by atoms with van der Waals surface area (Å²) >= 11 is 0. The second-order valence-corrected chi connectivity index (χ2v) is 11.1. The number of methoxy groups -OCH3 is 1. The fourth-order valence-electron chi connectivity index (χ4n) is 5.17. The van der Waals surface area contributed by atoms with Crippen molar-refractivity contribution in [3.05, 3.63) is 79.8 Å². The largest absolute Gasteiger partial charge is 0.468 e. The van der Waals surface area contributed by atoms with Gasteiger partial charge in [-0.05, 0) is 84.3 Å². The molecule has 0 amide bonds. The maximum atomic E-state index is 12.6. The van der Waals surface area contributed by atoms with Crippen LogP contribution in [0.2, 0.25) is 0 Å². The Kier molecular flexibility index (Phi) is 14.2. The molecule has 5 heteroatoms. The van der Waals surface area contributed by atoms with Crippen molar-refractivity contribution >= 4 is 11.4 Å². The van der Waals surface area contributed by atoms with E-state index in [9.17, 15) is 14.7 Å². The van der Waals surface area contributed by atoms with Crippen LogP contribution in [0.5, 0.6) is 5.95 Å². The van der Waals surface area contributed by atoms with E-state index in [1.165, 1.54) is 12.7 Å². The summed E-state index contributed by atoms with van der Waals surface area (Å²) in [6.45, 7) is 19.8. The number of carbonyl (C=O) groups is 1. The van der Waals surface area contributed by atoms with Crippen molar-refractivity contribution in [2.75, 3.05) is 13.7 Å². The first-order valence-corrected chi connectivity index (χ1v) is 14.0. The summed E-state index contributed by atoms with van der Waals surface area (Å²) in [5, 5.41) is 9.53. The molecular weight excluding hydrogens is 488 g/mol. The molecule has 0 aliphatic rings. The lowest BCUT2D eigenvalue weighted by atomic mass is 9.92. The lowest BCUT2D eigenvalue weighted by Crippen LogP contribution is -2.19. The number of aliphatic hydroxyl groups excluding tert-OH is 1. The Balaban J connectivity index is 2.96. The number of allylic oxidation sites excluding steroid dienone is 10. The number of Topliss-reactive ketones (excluding diaryl/α,β-unsaturated/α-hetero) is 1. The van der Waals surface area contributed by atoms with Gasteiger partial charge >= 0.3 is 0 Å². The fraction of sp³-hybridized carbons (Fsp3) is 0.529. The highest BCUT2D eigenvalue weighted by molar-refractivity contribution is 5.96. The summed E-state index contributed by atoms with van der Waals surface area (Å²) in [6.07, 6.45) is 13.1. The number of rotatable bonds is 14. The van der Waals surface area contributed by atoms with Gasteiger partial charge in [-0.25, -0.2) is 0 Å². The molecule has 0 saturated heterocycles. The van der Waals surface area contributed by atoms with Crippen LogP contribution in [0.3, 0.4) is 0 Å². The molecule has 39 heavy (non-hydrogen) atoms. The van der Waals surface area contributed by atoms with Crippen LogP contribution in [0.15, 0.2) is 61.9 Å². The summed E-state index contributed by atoms with van der Waals surface area (Å²) in [6, 6.07) is 0. The molecule has 216 valence electrons. The van der Waals surface area contributed by atoms with E-state index in [2.05, 4.69) is 58.9 Å². The topological polar surface area (TPSA) is 76.7 Å². The molecule has 1 heterocycles. The normalized spacial score (nSPS) is 16.3. The maximum absolute atomic E-state index is 12.6. The Bertz CT molecular complexity index is 1200. The van der Waals surface area contributed by atoms with Gasteiger partial charge < -0.3 is 14.3 Å². The first-order chi connectivity index (χ1) is 18.2. The van der Waals surface area contributed by atoms with Crippen molar-refractivity contribution in [3.63, 3.8) is 0 Å². The van der Waals surface area contributed by atoms with Crippen LogP contribution < -0.4 is 10.2 Å². The predicted octanol–water partition coefficient (Wildman–Crippen LogP) is 8.09. The van der Waals surface area contributed by atoms with Crippen molar-refractivity contribution in [1.29, 1.82) is 0 Å². The number of hydrogen-bond donors (Lipinski definition) is 1. The molecule has 1 aromatic heterocycles. The molecule has 0 saturated carbocycles. The van der Waals surface area contributed by atoms with Crippen molar-refractivity contribution in [2.45, 2.75) is 88.5 Å². The summed E-state index contributed by atoms with van der Waals surface area (Å²) in [5.74, 6) is 0.940. The average molecular weight is 539 g/mol. The first-order valence-electron chi connectivity index (χ1n) is 14.0. The summed E-state index contributed by atoms with van der Waals surface area (Å²) in [7, 11) is 1.51. The van der Waals surface area contributed by atoms with Gasteiger partial charge in [-0.2, -0.15) is 0 Å². The van der Waals surface area contributed by atoms with E-state index in [1.54, 1.807) is 13.8 Å². The molecule has 1 aromatic rings. The fourth-order valence-corrected chi connectivity index (χ4v) is 5.17. The van der Waals surface area contributed by atoms with Gasteiger partial charge in [0.1, 0.15) is 5.76 Å². The Labute approximate surface area is 236 Å². The minimum Gasteiger partial charge on any atom is -0.468 e. The molecule has 0 aliphatic heterocycles. The lowest BCUT2D eigenvalue weighted by Gasteiger charge is -2.13. The van der Waals surface area contributed by atoms with E-state index < -0.39 is 0 Å². The Morgan fingerprint density at radius 2 is 1.62 bits per heavy atom. The molecule has 0 aliphatic carbocycles. The van der Waals surface area contributed by atoms with Gasteiger partial charge in [0.05, 0.1) is 19.3 Å². The van der Waals surface area contributed by atoms with Gasteiger partial charge in [-0.3, -0.25) is 9.59 Å². The lowest BCUT2D eigenvalue weighted by molar-refractivity contribution is -0.120. The Morgan fingerprint density at radius 1 is 0.974 bits per heavy atom. The zero-order chi connectivity index (χ0) is 29.9. The molecule has 0 radical (unpaired) electrons. The minimum absolute atomic E-state index is 0.0414. The number of ether oxygens (including phenoxy) is 1. The summed E-state index contributed by atoms with van der Waals surface area (Å²) in [5.41, 5.74) is 6.22. The van der Waals surface area contributed by atoms with Crippen LogP contribution in [-0.2, 0) is 4.79 Å². The smallest absolute Gasteiger partial charge is 0.291 e. The Morgan fingerprint density at radius 3 is 2.18 bits per heavy atom. The third-order valence-electron chi connectivity index (χ3n) is 6.83. The molecular formula is C34H50O5. The highest BCUT2D eigenvalue weighted by Gasteiger charge is 2.18. The van der Waals surface area contributed by atoms with Gasteiger partial charge in [-0.1, -0.05) is 74.3 Å². The van der Waals surface area contributed by atoms with Crippen LogP contribution in [-0.4, -0.2) is 24.6 Å². The van der Waals surface area contributed by atoms with Gasteiger partial charge in [0.25, 0.3) is 5.95 Å². The molecule has 0 fully saturated rings. The first kappa shape index (κ1) is 34.1. The highest BCUT2D eigenvalue weighted by atomic mass is 16.6. The van der Waals surface area contributed by atoms with Gasteiger partial charge in [0.15, 0.2) is 11.2 Å². The minimum atomic E-state index is -0.304. The van der Waals surface area contributed by atoms with Crippen LogP contribution in [0.25, 0.3) is 5.57 Å². The van der Waals surface area contributed by atoms with Crippen molar-refractivity contribution in [3.8, 4) is 5.95 Å². The number of ketones is 1. The third kappa shape index (κ3) is 10.6. The van der Waals surface area contributed by atoms with E-state index in [-0.39, 0.29) is 41.5 Å². The Hall–Kier alpha value is -2.92. The standard InChI is InChI=1S/C34H50O5/c1-12-13-30(20-35)31(36)26(7)18-24(5)16-22(3)14-21(2)15-23(4)17-25(6)19-27(8)33-28(9)32(37)29(10)34(38-11)39-33/h14-16,18-19,24-25,30,35H,12-13,17,20H2,1-11H3. The zero-order valence-electron chi connectivity index (χ0n) is 26.0. The van der Waals surface area contributed by atoms with Gasteiger partial charge in [0, 0.05) is 11.5 Å². The molecule has 1 N–H and O–H groups in total. The molecule has 0 bridgehead atoms.